The highest BCUT2D eigenvalue weighted by Gasteiger charge is 2.01. The smallest absolute Gasteiger partial charge is 0.250 e. The van der Waals surface area contributed by atoms with Crippen LogP contribution in [0.5, 0.6) is 0 Å². The van der Waals surface area contributed by atoms with Crippen molar-refractivity contribution in [2.75, 3.05) is 13.1 Å². The van der Waals surface area contributed by atoms with E-state index in [0.29, 0.717) is 6.04 Å². The lowest BCUT2D eigenvalue weighted by molar-refractivity contribution is 0.501. The molecule has 0 aliphatic rings. The van der Waals surface area contributed by atoms with Gasteiger partial charge in [-0.2, -0.15) is 0 Å². The normalized spacial score (nSPS) is 12.6. The van der Waals surface area contributed by atoms with Gasteiger partial charge >= 0.3 is 0 Å². The zero-order valence-electron chi connectivity index (χ0n) is 11.0. The van der Waals surface area contributed by atoms with Crippen LogP contribution in [-0.4, -0.2) is 23.7 Å². The van der Waals surface area contributed by atoms with E-state index < -0.39 is 0 Å². The monoisotopic (exact) mass is 237 g/mol. The summed E-state index contributed by atoms with van der Waals surface area (Å²) >= 11 is 0. The highest BCUT2D eigenvalue weighted by Crippen LogP contribution is 1.94. The van der Waals surface area contributed by atoms with E-state index in [1.165, 1.54) is 0 Å². The number of nitrogens with zero attached hydrogens (tertiary/aromatic N) is 1. The first kappa shape index (κ1) is 13.9. The minimum absolute atomic E-state index is 0.0426. The van der Waals surface area contributed by atoms with E-state index in [-0.39, 0.29) is 5.56 Å². The van der Waals surface area contributed by atoms with Gasteiger partial charge in [0, 0.05) is 38.4 Å². The second-order valence-corrected chi connectivity index (χ2v) is 4.47. The van der Waals surface area contributed by atoms with Crippen LogP contribution in [0.4, 0.5) is 0 Å². The summed E-state index contributed by atoms with van der Waals surface area (Å²) in [5.41, 5.74) is 1.08. The number of pyridine rings is 1. The van der Waals surface area contributed by atoms with Gasteiger partial charge in [-0.15, -0.1) is 0 Å². The summed E-state index contributed by atoms with van der Waals surface area (Å²) in [6.45, 7) is 7.05. The molecule has 1 aromatic heterocycles. The summed E-state index contributed by atoms with van der Waals surface area (Å²) in [6.07, 6.45) is 2.96. The molecular formula is C13H23N3O. The summed E-state index contributed by atoms with van der Waals surface area (Å²) in [5.74, 6) is 0. The average molecular weight is 237 g/mol. The van der Waals surface area contributed by atoms with Crippen LogP contribution in [0.25, 0.3) is 0 Å². The Labute approximate surface area is 103 Å². The molecule has 1 rings (SSSR count). The van der Waals surface area contributed by atoms with Crippen LogP contribution in [0.3, 0.4) is 0 Å². The van der Waals surface area contributed by atoms with Gasteiger partial charge in [0.15, 0.2) is 0 Å². The Morgan fingerprint density at radius 1 is 1.47 bits per heavy atom. The second-order valence-electron chi connectivity index (χ2n) is 4.47. The van der Waals surface area contributed by atoms with Crippen LogP contribution in [0.15, 0.2) is 23.1 Å². The molecular weight excluding hydrogens is 214 g/mol. The molecule has 1 heterocycles. The quantitative estimate of drug-likeness (QED) is 0.692. The molecule has 4 nitrogen and oxygen atoms in total. The van der Waals surface area contributed by atoms with Gasteiger partial charge in [-0.1, -0.05) is 6.92 Å². The van der Waals surface area contributed by atoms with E-state index in [1.807, 2.05) is 6.07 Å². The molecule has 0 aromatic carbocycles. The standard InChI is InChI=1S/C13H23N3O/c1-4-6-14-9-11(2)15-10-12-5-7-16(3)13(17)8-12/h5,7-8,11,14-15H,4,6,9-10H2,1-3H3. The Kier molecular flexibility index (Phi) is 5.94. The molecule has 2 N–H and O–H groups in total. The van der Waals surface area contributed by atoms with Gasteiger partial charge in [0.25, 0.3) is 5.56 Å². The van der Waals surface area contributed by atoms with Gasteiger partial charge in [0.05, 0.1) is 0 Å². The van der Waals surface area contributed by atoms with Gasteiger partial charge < -0.3 is 15.2 Å². The van der Waals surface area contributed by atoms with Gasteiger partial charge in [0.1, 0.15) is 0 Å². The molecule has 0 radical (unpaired) electrons. The summed E-state index contributed by atoms with van der Waals surface area (Å²) in [5, 5.41) is 6.76. The SMILES string of the molecule is CCCNCC(C)NCc1ccn(C)c(=O)c1. The van der Waals surface area contributed by atoms with Crippen LogP contribution < -0.4 is 16.2 Å². The van der Waals surface area contributed by atoms with Crippen molar-refractivity contribution in [3.63, 3.8) is 0 Å². The first-order valence-electron chi connectivity index (χ1n) is 6.23. The second kappa shape index (κ2) is 7.25. The maximum atomic E-state index is 11.4. The molecule has 17 heavy (non-hydrogen) atoms. The Morgan fingerprint density at radius 3 is 2.88 bits per heavy atom. The van der Waals surface area contributed by atoms with E-state index in [1.54, 1.807) is 23.9 Å². The van der Waals surface area contributed by atoms with Crippen LogP contribution in [0, 0.1) is 0 Å². The molecule has 0 saturated carbocycles. The van der Waals surface area contributed by atoms with Crippen LogP contribution in [-0.2, 0) is 13.6 Å². The fourth-order valence-electron chi connectivity index (χ4n) is 1.56. The maximum absolute atomic E-state index is 11.4. The minimum Gasteiger partial charge on any atom is -0.319 e. The number of aromatic nitrogens is 1. The zero-order valence-corrected chi connectivity index (χ0v) is 11.0. The number of hydrogen-bond acceptors (Lipinski definition) is 3. The van der Waals surface area contributed by atoms with E-state index >= 15 is 0 Å². The van der Waals surface area contributed by atoms with E-state index in [4.69, 9.17) is 0 Å². The van der Waals surface area contributed by atoms with Crippen molar-refractivity contribution in [1.82, 2.24) is 15.2 Å². The van der Waals surface area contributed by atoms with Crippen molar-refractivity contribution in [3.8, 4) is 0 Å². The lowest BCUT2D eigenvalue weighted by Gasteiger charge is -2.14. The molecule has 1 unspecified atom stereocenters. The summed E-state index contributed by atoms with van der Waals surface area (Å²) in [7, 11) is 1.76. The Hall–Kier alpha value is -1.13. The van der Waals surface area contributed by atoms with Crippen LogP contribution in [0.2, 0.25) is 0 Å². The summed E-state index contributed by atoms with van der Waals surface area (Å²) < 4.78 is 1.58. The third kappa shape index (κ3) is 5.15. The maximum Gasteiger partial charge on any atom is 0.250 e. The molecule has 0 fully saturated rings. The highest BCUT2D eigenvalue weighted by atomic mass is 16.1. The van der Waals surface area contributed by atoms with E-state index in [0.717, 1.165) is 31.6 Å². The first-order valence-corrected chi connectivity index (χ1v) is 6.23. The van der Waals surface area contributed by atoms with Gasteiger partial charge in [0.2, 0.25) is 0 Å². The summed E-state index contributed by atoms with van der Waals surface area (Å²) in [4.78, 5) is 11.4. The van der Waals surface area contributed by atoms with E-state index in [2.05, 4.69) is 24.5 Å². The Morgan fingerprint density at radius 2 is 2.24 bits per heavy atom. The topological polar surface area (TPSA) is 46.1 Å². The molecule has 0 amide bonds. The van der Waals surface area contributed by atoms with Crippen molar-refractivity contribution < 1.29 is 0 Å². The number of hydrogen-bond donors (Lipinski definition) is 2. The van der Waals surface area contributed by atoms with Crippen molar-refractivity contribution in [2.24, 2.45) is 7.05 Å². The fourth-order valence-corrected chi connectivity index (χ4v) is 1.56. The van der Waals surface area contributed by atoms with E-state index in [9.17, 15) is 4.79 Å². The molecule has 0 saturated heterocycles. The average Bonchev–Trinajstić information content (AvgIpc) is 2.31. The van der Waals surface area contributed by atoms with Crippen LogP contribution >= 0.6 is 0 Å². The van der Waals surface area contributed by atoms with Crippen molar-refractivity contribution in [1.29, 1.82) is 0 Å². The fraction of sp³-hybridized carbons (Fsp3) is 0.615. The molecule has 1 atom stereocenters. The summed E-state index contributed by atoms with van der Waals surface area (Å²) in [6, 6.07) is 4.06. The first-order chi connectivity index (χ1) is 8.13. The lowest BCUT2D eigenvalue weighted by atomic mass is 10.2. The third-order valence-electron chi connectivity index (χ3n) is 2.70. The molecule has 1 aromatic rings. The largest absolute Gasteiger partial charge is 0.319 e. The lowest BCUT2D eigenvalue weighted by Crippen LogP contribution is -2.36. The molecule has 0 aliphatic heterocycles. The number of aryl methyl sites for hydroxylation is 1. The third-order valence-corrected chi connectivity index (χ3v) is 2.70. The van der Waals surface area contributed by atoms with Gasteiger partial charge in [-0.3, -0.25) is 4.79 Å². The zero-order chi connectivity index (χ0) is 12.7. The Bertz CT molecular complexity index is 386. The van der Waals surface area contributed by atoms with Crippen molar-refractivity contribution in [2.45, 2.75) is 32.9 Å². The van der Waals surface area contributed by atoms with Gasteiger partial charge in [-0.25, -0.2) is 0 Å². The van der Waals surface area contributed by atoms with Crippen molar-refractivity contribution >= 4 is 0 Å². The molecule has 0 spiro atoms. The molecule has 0 aliphatic carbocycles. The predicted molar refractivity (Wildman–Crippen MR) is 71.1 cm³/mol. The molecule has 4 heteroatoms. The van der Waals surface area contributed by atoms with Crippen molar-refractivity contribution in [3.05, 3.63) is 34.2 Å². The minimum atomic E-state index is 0.0426. The van der Waals surface area contributed by atoms with Gasteiger partial charge in [-0.05, 0) is 31.5 Å². The predicted octanol–water partition coefficient (Wildman–Crippen LogP) is 0.863. The number of rotatable bonds is 7. The number of nitrogens with one attached hydrogen (secondary N) is 2. The Balaban J connectivity index is 2.34. The highest BCUT2D eigenvalue weighted by molar-refractivity contribution is 5.10. The molecule has 96 valence electrons. The molecule has 0 bridgehead atoms. The van der Waals surface area contributed by atoms with Crippen LogP contribution in [0.1, 0.15) is 25.8 Å².